The third-order valence-electron chi connectivity index (χ3n) is 9.42. The minimum absolute atomic E-state index is 0.00427. The Kier molecular flexibility index (Phi) is 17.1. The number of aromatic nitrogens is 1. The second kappa shape index (κ2) is 23.5. The first-order valence-corrected chi connectivity index (χ1v) is 20.0. The highest BCUT2D eigenvalue weighted by Crippen LogP contribution is 2.25. The fourth-order valence-electron chi connectivity index (χ4n) is 5.86. The van der Waals surface area contributed by atoms with Crippen molar-refractivity contribution in [2.45, 2.75) is 26.2 Å². The van der Waals surface area contributed by atoms with E-state index in [0.717, 1.165) is 46.9 Å². The van der Waals surface area contributed by atoms with Gasteiger partial charge in [-0.25, -0.2) is 33.8 Å². The van der Waals surface area contributed by atoms with Gasteiger partial charge >= 0.3 is 36.3 Å². The highest BCUT2D eigenvalue weighted by Gasteiger charge is 2.24. The summed E-state index contributed by atoms with van der Waals surface area (Å²) in [5.74, 6) is -3.71. The van der Waals surface area contributed by atoms with E-state index in [0.29, 0.717) is 11.3 Å². The number of carboxylic acid groups (broad SMARTS) is 2. The topological polar surface area (TPSA) is 339 Å². The summed E-state index contributed by atoms with van der Waals surface area (Å²) in [6, 6.07) is 24.0. The smallest absolute Gasteiger partial charge is 0.415 e. The Morgan fingerprint density at radius 2 is 1.12 bits per heavy atom. The number of nitro benzene ring substituents is 2. The van der Waals surface area contributed by atoms with Gasteiger partial charge in [0, 0.05) is 56.4 Å². The number of nitrogens with zero attached hydrogens (tertiary/aromatic N) is 5. The molecular weight excluding hydrogens is 913 g/mol. The highest BCUT2D eigenvalue weighted by atomic mass is 16.6. The normalized spacial score (nSPS) is 10.4. The molecule has 5 N–H and O–H groups in total. The second-order valence-corrected chi connectivity index (χ2v) is 14.4. The summed E-state index contributed by atoms with van der Waals surface area (Å²) in [4.78, 5) is 114. The number of pyridine rings is 1. The van der Waals surface area contributed by atoms with Crippen LogP contribution in [0.3, 0.4) is 0 Å². The summed E-state index contributed by atoms with van der Waals surface area (Å²) in [5.41, 5.74) is -1.38. The van der Waals surface area contributed by atoms with Crippen LogP contribution in [0.4, 0.5) is 47.6 Å². The third kappa shape index (κ3) is 14.9. The zero-order valence-electron chi connectivity index (χ0n) is 36.3. The van der Waals surface area contributed by atoms with Gasteiger partial charge in [0.1, 0.15) is 36.6 Å². The molecule has 5 amide bonds. The van der Waals surface area contributed by atoms with Crippen molar-refractivity contribution >= 4 is 70.7 Å². The van der Waals surface area contributed by atoms with Crippen molar-refractivity contribution in [2.24, 2.45) is 0 Å². The van der Waals surface area contributed by atoms with E-state index in [1.54, 1.807) is 24.3 Å². The molecule has 0 fully saturated rings. The number of benzene rings is 4. The van der Waals surface area contributed by atoms with Gasteiger partial charge in [-0.1, -0.05) is 42.5 Å². The summed E-state index contributed by atoms with van der Waals surface area (Å²) in [7, 11) is 2.80. The van der Waals surface area contributed by atoms with Crippen LogP contribution in [-0.2, 0) is 45.2 Å². The van der Waals surface area contributed by atoms with E-state index in [1.165, 1.54) is 31.1 Å². The minimum atomic E-state index is -1.64. The Balaban J connectivity index is 1.18. The predicted molar refractivity (Wildman–Crippen MR) is 239 cm³/mol. The molecule has 5 aromatic rings. The van der Waals surface area contributed by atoms with Crippen molar-refractivity contribution in [3.05, 3.63) is 157 Å². The van der Waals surface area contributed by atoms with Crippen LogP contribution >= 0.6 is 0 Å². The van der Waals surface area contributed by atoms with E-state index >= 15 is 0 Å². The van der Waals surface area contributed by atoms with Crippen LogP contribution in [0.2, 0.25) is 0 Å². The van der Waals surface area contributed by atoms with Crippen molar-refractivity contribution in [1.29, 1.82) is 0 Å². The number of carboxylic acids is 2. The summed E-state index contributed by atoms with van der Waals surface area (Å²) in [6.07, 6.45) is -3.80. The number of rotatable bonds is 19. The average Bonchev–Trinajstić information content (AvgIpc) is 3.31. The van der Waals surface area contributed by atoms with Crippen molar-refractivity contribution in [1.82, 2.24) is 14.8 Å². The van der Waals surface area contributed by atoms with Crippen LogP contribution in [-0.4, -0.2) is 104 Å². The molecule has 358 valence electrons. The van der Waals surface area contributed by atoms with Crippen molar-refractivity contribution in [2.75, 3.05) is 43.1 Å². The zero-order valence-corrected chi connectivity index (χ0v) is 36.3. The molecule has 1 heterocycles. The Hall–Kier alpha value is -9.68. The van der Waals surface area contributed by atoms with Crippen LogP contribution in [0.5, 0.6) is 5.75 Å². The summed E-state index contributed by atoms with van der Waals surface area (Å²) in [6.45, 7) is -1.47. The molecule has 0 radical (unpaired) electrons. The zero-order chi connectivity index (χ0) is 50.2. The first-order valence-electron chi connectivity index (χ1n) is 20.0. The largest absolute Gasteiger partial charge is 0.477 e. The molecule has 69 heavy (non-hydrogen) atoms. The molecule has 25 heteroatoms. The second-order valence-electron chi connectivity index (χ2n) is 14.4. The number of hydrogen-bond donors (Lipinski definition) is 5. The SMILES string of the molecule is CN(CCN(C)C(=O)Oc1ccc(COC(=O)Nc2ccc([N+](=O)[O-])c(C(=O)O)c2)nc1COC(=O)Nc1ccc([N+](=O)[O-])c(C(=O)O)c1)C(=O)OCc1ccc(NC(=O)Cc2ccccc2)cc1. The number of hydrogen-bond acceptors (Lipinski definition) is 16. The van der Waals surface area contributed by atoms with Gasteiger partial charge in [-0.2, -0.15) is 0 Å². The molecule has 5 rings (SSSR count). The Morgan fingerprint density at radius 1 is 0.594 bits per heavy atom. The lowest BCUT2D eigenvalue weighted by Crippen LogP contribution is -2.38. The van der Waals surface area contributed by atoms with Gasteiger partial charge in [0.2, 0.25) is 5.91 Å². The van der Waals surface area contributed by atoms with Gasteiger partial charge in [-0.3, -0.25) is 35.7 Å². The maximum absolute atomic E-state index is 13.2. The number of ether oxygens (including phenoxy) is 4. The summed E-state index contributed by atoms with van der Waals surface area (Å²) < 4.78 is 21.3. The van der Waals surface area contributed by atoms with Gasteiger partial charge in [0.15, 0.2) is 5.75 Å². The number of anilines is 3. The molecule has 4 aromatic carbocycles. The van der Waals surface area contributed by atoms with E-state index in [4.69, 9.17) is 18.9 Å². The van der Waals surface area contributed by atoms with Crippen molar-refractivity contribution in [3.8, 4) is 5.75 Å². The Labute approximate surface area is 389 Å². The predicted octanol–water partition coefficient (Wildman–Crippen LogP) is 6.67. The number of nitro groups is 2. The number of carbonyl (C=O) groups is 7. The number of amides is 5. The van der Waals surface area contributed by atoms with E-state index in [-0.39, 0.29) is 60.5 Å². The van der Waals surface area contributed by atoms with Crippen molar-refractivity contribution < 1.29 is 72.6 Å². The Bertz CT molecular complexity index is 2770. The van der Waals surface area contributed by atoms with Gasteiger partial charge in [-0.15, -0.1) is 0 Å². The maximum Gasteiger partial charge on any atom is 0.415 e. The molecule has 0 spiro atoms. The minimum Gasteiger partial charge on any atom is -0.477 e. The molecule has 0 saturated heterocycles. The Morgan fingerprint density at radius 3 is 1.65 bits per heavy atom. The van der Waals surface area contributed by atoms with Crippen LogP contribution in [0.15, 0.2) is 103 Å². The lowest BCUT2D eigenvalue weighted by atomic mass is 10.1. The number of likely N-dealkylation sites (N-methyl/N-ethyl adjacent to an activating group) is 2. The first kappa shape index (κ1) is 50.3. The molecule has 0 aliphatic carbocycles. The molecule has 0 bridgehead atoms. The van der Waals surface area contributed by atoms with Crippen molar-refractivity contribution in [3.63, 3.8) is 0 Å². The summed E-state index contributed by atoms with van der Waals surface area (Å²) in [5, 5.41) is 48.4. The molecule has 0 aliphatic heterocycles. The van der Waals surface area contributed by atoms with E-state index < -0.39 is 81.9 Å². The molecule has 0 atom stereocenters. The molecule has 0 aliphatic rings. The molecule has 0 saturated carbocycles. The fourth-order valence-corrected chi connectivity index (χ4v) is 5.86. The molecule has 25 nitrogen and oxygen atoms in total. The average molecular weight is 953 g/mol. The van der Waals surface area contributed by atoms with Gasteiger partial charge < -0.3 is 44.3 Å². The quantitative estimate of drug-likeness (QED) is 0.0327. The third-order valence-corrected chi connectivity index (χ3v) is 9.42. The molecule has 1 aromatic heterocycles. The van der Waals surface area contributed by atoms with Gasteiger partial charge in [0.25, 0.3) is 11.4 Å². The van der Waals surface area contributed by atoms with Crippen LogP contribution < -0.4 is 20.7 Å². The molecular formula is C44H40N8O17. The van der Waals surface area contributed by atoms with E-state index in [9.17, 15) is 64.0 Å². The van der Waals surface area contributed by atoms with Gasteiger partial charge in [-0.05, 0) is 59.7 Å². The standard InChI is InChI=1S/C44H40N8O17/c1-49(43(60)68-23-27-8-10-28(11-9-27)46-38(53)20-26-6-4-3-5-7-26)18-19-50(2)44(61)69-37-17-14-31(24-66-41(58)47-29-12-15-35(51(62)63)32(21-29)39(54)55)45-34(37)25-67-42(59)48-30-13-16-36(52(64)65)33(22-30)40(56)57/h3-17,21-22H,18-20,23-25H2,1-2H3,(H,46,53)(H,47,58)(H,48,59)(H,54,55)(H,56,57). The monoisotopic (exact) mass is 952 g/mol. The van der Waals surface area contributed by atoms with E-state index in [1.807, 2.05) is 30.3 Å². The van der Waals surface area contributed by atoms with Gasteiger partial charge in [0.05, 0.1) is 22.0 Å². The highest BCUT2D eigenvalue weighted by molar-refractivity contribution is 5.96. The number of carbonyl (C=O) groups excluding carboxylic acids is 5. The number of aromatic carboxylic acids is 2. The first-order chi connectivity index (χ1) is 32.9. The lowest BCUT2D eigenvalue weighted by Gasteiger charge is -2.22. The fraction of sp³-hybridized carbons (Fsp3) is 0.182. The van der Waals surface area contributed by atoms with E-state index in [2.05, 4.69) is 20.9 Å². The van der Waals surface area contributed by atoms with Crippen LogP contribution in [0, 0.1) is 20.2 Å². The molecule has 0 unspecified atom stereocenters. The maximum atomic E-state index is 13.2. The lowest BCUT2D eigenvalue weighted by molar-refractivity contribution is -0.385. The summed E-state index contributed by atoms with van der Waals surface area (Å²) >= 11 is 0. The van der Waals surface area contributed by atoms with Crippen LogP contribution in [0.25, 0.3) is 0 Å². The number of nitrogens with one attached hydrogen (secondary N) is 3. The van der Waals surface area contributed by atoms with Crippen LogP contribution in [0.1, 0.15) is 43.2 Å².